The van der Waals surface area contributed by atoms with Crippen LogP contribution in [0.25, 0.3) is 0 Å². The van der Waals surface area contributed by atoms with E-state index in [-0.39, 0.29) is 12.3 Å². The van der Waals surface area contributed by atoms with Gasteiger partial charge in [0.1, 0.15) is 0 Å². The van der Waals surface area contributed by atoms with E-state index < -0.39 is 5.97 Å². The van der Waals surface area contributed by atoms with Gasteiger partial charge in [-0.2, -0.15) is 0 Å². The molecule has 1 atom stereocenters. The van der Waals surface area contributed by atoms with E-state index in [2.05, 4.69) is 5.32 Å². The number of hydrogen-bond donors (Lipinski definition) is 2. The molecule has 0 heterocycles. The number of carbonyl (C=O) groups excluding carboxylic acids is 1. The van der Waals surface area contributed by atoms with E-state index in [1.807, 2.05) is 13.8 Å². The standard InChI is InChI=1S/C13H25NO4/c1-3-18-10-4-5-12(15)14-9-8-11(2)6-7-13(16)17/h11H,3-10H2,1-2H3,(H,14,15)(H,16,17). The lowest BCUT2D eigenvalue weighted by molar-refractivity contribution is -0.137. The molecule has 1 amide bonds. The van der Waals surface area contributed by atoms with Gasteiger partial charge in [-0.3, -0.25) is 9.59 Å². The zero-order chi connectivity index (χ0) is 13.8. The van der Waals surface area contributed by atoms with Gasteiger partial charge in [-0.1, -0.05) is 6.92 Å². The summed E-state index contributed by atoms with van der Waals surface area (Å²) in [7, 11) is 0. The number of carboxylic acids is 1. The minimum absolute atomic E-state index is 0.0418. The molecule has 2 N–H and O–H groups in total. The van der Waals surface area contributed by atoms with Crippen LogP contribution in [0.2, 0.25) is 0 Å². The highest BCUT2D eigenvalue weighted by Crippen LogP contribution is 2.09. The molecule has 1 unspecified atom stereocenters. The second kappa shape index (κ2) is 11.0. The molecule has 0 saturated carbocycles. The van der Waals surface area contributed by atoms with Crippen molar-refractivity contribution >= 4 is 11.9 Å². The number of nitrogens with one attached hydrogen (secondary N) is 1. The molecular weight excluding hydrogens is 234 g/mol. The molecule has 0 aromatic heterocycles. The summed E-state index contributed by atoms with van der Waals surface area (Å²) in [6.45, 7) is 5.86. The largest absolute Gasteiger partial charge is 0.481 e. The number of carboxylic acid groups (broad SMARTS) is 1. The summed E-state index contributed by atoms with van der Waals surface area (Å²) < 4.78 is 5.15. The summed E-state index contributed by atoms with van der Waals surface area (Å²) in [4.78, 5) is 21.8. The Hall–Kier alpha value is -1.10. The molecule has 106 valence electrons. The van der Waals surface area contributed by atoms with Gasteiger partial charge in [-0.15, -0.1) is 0 Å². The van der Waals surface area contributed by atoms with Crippen molar-refractivity contribution in [2.45, 2.75) is 46.0 Å². The molecule has 5 nitrogen and oxygen atoms in total. The minimum atomic E-state index is -0.762. The third kappa shape index (κ3) is 11.4. The van der Waals surface area contributed by atoms with Gasteiger partial charge in [0, 0.05) is 32.6 Å². The van der Waals surface area contributed by atoms with Crippen LogP contribution >= 0.6 is 0 Å². The summed E-state index contributed by atoms with van der Waals surface area (Å²) in [5.74, 6) is -0.397. The quantitative estimate of drug-likeness (QED) is 0.555. The Labute approximate surface area is 109 Å². The first-order valence-electron chi connectivity index (χ1n) is 6.62. The first-order chi connectivity index (χ1) is 8.56. The second-order valence-corrected chi connectivity index (χ2v) is 4.48. The fourth-order valence-corrected chi connectivity index (χ4v) is 1.54. The van der Waals surface area contributed by atoms with Crippen molar-refractivity contribution < 1.29 is 19.4 Å². The molecule has 0 fully saturated rings. The first-order valence-corrected chi connectivity index (χ1v) is 6.62. The summed E-state index contributed by atoms with van der Waals surface area (Å²) in [6.07, 6.45) is 2.92. The number of hydrogen-bond acceptors (Lipinski definition) is 3. The van der Waals surface area contributed by atoms with Crippen LogP contribution in [0.4, 0.5) is 0 Å². The van der Waals surface area contributed by atoms with Crippen molar-refractivity contribution in [1.29, 1.82) is 0 Å². The van der Waals surface area contributed by atoms with E-state index in [1.165, 1.54) is 0 Å². The molecule has 5 heteroatoms. The van der Waals surface area contributed by atoms with Crippen LogP contribution < -0.4 is 5.32 Å². The number of amides is 1. The van der Waals surface area contributed by atoms with Crippen LogP contribution in [0.5, 0.6) is 0 Å². The molecule has 0 rings (SSSR count). The van der Waals surface area contributed by atoms with Crippen LogP contribution in [-0.2, 0) is 14.3 Å². The molecule has 0 aliphatic rings. The van der Waals surface area contributed by atoms with Crippen molar-refractivity contribution in [3.8, 4) is 0 Å². The Morgan fingerprint density at radius 2 is 2.00 bits per heavy atom. The summed E-state index contributed by atoms with van der Waals surface area (Å²) in [6, 6.07) is 0. The predicted octanol–water partition coefficient (Wildman–Crippen LogP) is 1.81. The van der Waals surface area contributed by atoms with Crippen LogP contribution in [0.1, 0.15) is 46.0 Å². The Bertz CT molecular complexity index is 243. The van der Waals surface area contributed by atoms with E-state index in [1.54, 1.807) is 0 Å². The van der Waals surface area contributed by atoms with Crippen molar-refractivity contribution in [1.82, 2.24) is 5.32 Å². The van der Waals surface area contributed by atoms with Gasteiger partial charge in [0.15, 0.2) is 0 Å². The van der Waals surface area contributed by atoms with E-state index >= 15 is 0 Å². The average Bonchev–Trinajstić information content (AvgIpc) is 2.32. The topological polar surface area (TPSA) is 75.6 Å². The first kappa shape index (κ1) is 16.9. The van der Waals surface area contributed by atoms with E-state index in [4.69, 9.17) is 9.84 Å². The van der Waals surface area contributed by atoms with Gasteiger partial charge in [-0.25, -0.2) is 0 Å². The Balaban J connectivity index is 3.41. The van der Waals surface area contributed by atoms with Gasteiger partial charge in [-0.05, 0) is 32.1 Å². The number of ether oxygens (including phenoxy) is 1. The highest BCUT2D eigenvalue weighted by Gasteiger charge is 2.06. The average molecular weight is 259 g/mol. The summed E-state index contributed by atoms with van der Waals surface area (Å²) >= 11 is 0. The lowest BCUT2D eigenvalue weighted by atomic mass is 10.0. The fourth-order valence-electron chi connectivity index (χ4n) is 1.54. The molecule has 0 spiro atoms. The third-order valence-corrected chi connectivity index (χ3v) is 2.71. The SMILES string of the molecule is CCOCCCC(=O)NCCC(C)CCC(=O)O. The summed E-state index contributed by atoms with van der Waals surface area (Å²) in [5, 5.41) is 11.4. The number of rotatable bonds is 11. The molecule has 0 saturated heterocycles. The number of aliphatic carboxylic acids is 1. The van der Waals surface area contributed by atoms with Crippen LogP contribution in [0, 0.1) is 5.92 Å². The molecule has 18 heavy (non-hydrogen) atoms. The van der Waals surface area contributed by atoms with E-state index in [0.29, 0.717) is 38.5 Å². The normalized spacial score (nSPS) is 12.1. The second-order valence-electron chi connectivity index (χ2n) is 4.48. The zero-order valence-corrected chi connectivity index (χ0v) is 11.4. The molecule has 0 aromatic carbocycles. The fraction of sp³-hybridized carbons (Fsp3) is 0.846. The highest BCUT2D eigenvalue weighted by atomic mass is 16.5. The molecular formula is C13H25NO4. The molecule has 0 radical (unpaired) electrons. The van der Waals surface area contributed by atoms with Gasteiger partial charge < -0.3 is 15.2 Å². The molecule has 0 aromatic rings. The van der Waals surface area contributed by atoms with Crippen LogP contribution in [0.3, 0.4) is 0 Å². The van der Waals surface area contributed by atoms with E-state index in [0.717, 1.165) is 12.8 Å². The number of carbonyl (C=O) groups is 2. The lowest BCUT2D eigenvalue weighted by Gasteiger charge is -2.10. The van der Waals surface area contributed by atoms with E-state index in [9.17, 15) is 9.59 Å². The summed E-state index contributed by atoms with van der Waals surface area (Å²) in [5.41, 5.74) is 0. The minimum Gasteiger partial charge on any atom is -0.481 e. The van der Waals surface area contributed by atoms with Gasteiger partial charge in [0.25, 0.3) is 0 Å². The third-order valence-electron chi connectivity index (χ3n) is 2.71. The maximum Gasteiger partial charge on any atom is 0.303 e. The van der Waals surface area contributed by atoms with Crippen molar-refractivity contribution in [3.63, 3.8) is 0 Å². The van der Waals surface area contributed by atoms with Gasteiger partial charge >= 0.3 is 5.97 Å². The molecule has 0 aliphatic carbocycles. The molecule has 0 bridgehead atoms. The Morgan fingerprint density at radius 3 is 2.61 bits per heavy atom. The Kier molecular flexibility index (Phi) is 10.3. The van der Waals surface area contributed by atoms with Crippen molar-refractivity contribution in [2.24, 2.45) is 5.92 Å². The zero-order valence-electron chi connectivity index (χ0n) is 11.4. The maximum atomic E-state index is 11.4. The lowest BCUT2D eigenvalue weighted by Crippen LogP contribution is -2.25. The van der Waals surface area contributed by atoms with Gasteiger partial charge in [0.2, 0.25) is 5.91 Å². The van der Waals surface area contributed by atoms with Crippen molar-refractivity contribution in [3.05, 3.63) is 0 Å². The van der Waals surface area contributed by atoms with Gasteiger partial charge in [0.05, 0.1) is 0 Å². The monoisotopic (exact) mass is 259 g/mol. The molecule has 0 aliphatic heterocycles. The van der Waals surface area contributed by atoms with Crippen LogP contribution in [0.15, 0.2) is 0 Å². The van der Waals surface area contributed by atoms with Crippen LogP contribution in [-0.4, -0.2) is 36.7 Å². The van der Waals surface area contributed by atoms with Crippen molar-refractivity contribution in [2.75, 3.05) is 19.8 Å². The Morgan fingerprint density at radius 1 is 1.28 bits per heavy atom. The predicted molar refractivity (Wildman–Crippen MR) is 69.4 cm³/mol. The highest BCUT2D eigenvalue weighted by molar-refractivity contribution is 5.75. The smallest absolute Gasteiger partial charge is 0.303 e. The maximum absolute atomic E-state index is 11.4.